The molecule has 3 aromatic rings. The zero-order valence-electron chi connectivity index (χ0n) is 14.0. The Bertz CT molecular complexity index is 952. The van der Waals surface area contributed by atoms with Crippen LogP contribution >= 0.6 is 22.9 Å². The Hall–Kier alpha value is -2.44. The molecule has 1 aromatic carbocycles. The Morgan fingerprint density at radius 3 is 2.36 bits per heavy atom. The molecule has 0 aliphatic heterocycles. The second kappa shape index (κ2) is 6.46. The largest absolute Gasteiger partial charge is 0.508 e. The van der Waals surface area contributed by atoms with Crippen LogP contribution in [0.2, 0.25) is 5.15 Å². The molecule has 0 amide bonds. The molecule has 2 aromatic heterocycles. The smallest absolute Gasteiger partial charge is 0.172 e. The van der Waals surface area contributed by atoms with Crippen LogP contribution in [0.15, 0.2) is 34.8 Å². The standard InChI is InChI=1S/C18H18ClN3O2S/c1-9-8-25-11(3)14(9)16-15(18(20)21-24)10(2)17(19)22(16)12-4-6-13(23)7-5-12/h4-8,23-24H,1-3H3,(H2,20,21). The van der Waals surface area contributed by atoms with E-state index in [1.807, 2.05) is 25.3 Å². The van der Waals surface area contributed by atoms with Crippen LogP contribution in [0.3, 0.4) is 0 Å². The number of benzene rings is 1. The minimum atomic E-state index is 0.0110. The van der Waals surface area contributed by atoms with Gasteiger partial charge in [-0.05, 0) is 61.5 Å². The second-order valence-electron chi connectivity index (χ2n) is 5.83. The number of hydrogen-bond acceptors (Lipinski definition) is 4. The zero-order valence-corrected chi connectivity index (χ0v) is 15.6. The van der Waals surface area contributed by atoms with Gasteiger partial charge in [-0.3, -0.25) is 4.57 Å². The Balaban J connectivity index is 2.45. The lowest BCUT2D eigenvalue weighted by molar-refractivity contribution is 0.318. The highest BCUT2D eigenvalue weighted by atomic mass is 35.5. The molecule has 3 rings (SSSR count). The summed E-state index contributed by atoms with van der Waals surface area (Å²) in [6.07, 6.45) is 0. The van der Waals surface area contributed by atoms with E-state index >= 15 is 0 Å². The molecule has 25 heavy (non-hydrogen) atoms. The molecule has 0 aliphatic rings. The predicted octanol–water partition coefficient (Wildman–Crippen LogP) is 4.58. The fraction of sp³-hybridized carbons (Fsp3) is 0.167. The second-order valence-corrected chi connectivity index (χ2v) is 7.27. The molecule has 2 heterocycles. The summed E-state index contributed by atoms with van der Waals surface area (Å²) in [4.78, 5) is 1.11. The van der Waals surface area contributed by atoms with Gasteiger partial charge in [0.05, 0.1) is 11.3 Å². The summed E-state index contributed by atoms with van der Waals surface area (Å²) < 4.78 is 1.87. The number of aromatic hydroxyl groups is 1. The van der Waals surface area contributed by atoms with Crippen molar-refractivity contribution >= 4 is 28.8 Å². The average molecular weight is 376 g/mol. The van der Waals surface area contributed by atoms with Crippen molar-refractivity contribution in [2.45, 2.75) is 20.8 Å². The van der Waals surface area contributed by atoms with Crippen LogP contribution in [0.4, 0.5) is 0 Å². The third-order valence-corrected chi connectivity index (χ3v) is 5.69. The number of hydrogen-bond donors (Lipinski definition) is 3. The maximum atomic E-state index is 9.59. The number of thiophene rings is 1. The molecule has 4 N–H and O–H groups in total. The van der Waals surface area contributed by atoms with E-state index in [0.717, 1.165) is 32.9 Å². The van der Waals surface area contributed by atoms with Crippen LogP contribution in [-0.2, 0) is 0 Å². The monoisotopic (exact) mass is 375 g/mol. The Morgan fingerprint density at radius 2 is 1.84 bits per heavy atom. The van der Waals surface area contributed by atoms with Gasteiger partial charge in [0.2, 0.25) is 0 Å². The third kappa shape index (κ3) is 2.77. The van der Waals surface area contributed by atoms with Crippen molar-refractivity contribution in [3.8, 4) is 22.7 Å². The molecule has 5 nitrogen and oxygen atoms in total. The van der Waals surface area contributed by atoms with E-state index in [4.69, 9.17) is 17.3 Å². The Labute approximate surface area is 154 Å². The van der Waals surface area contributed by atoms with Crippen LogP contribution in [0.5, 0.6) is 5.75 Å². The van der Waals surface area contributed by atoms with Crippen molar-refractivity contribution in [1.29, 1.82) is 0 Å². The van der Waals surface area contributed by atoms with Gasteiger partial charge in [-0.1, -0.05) is 16.8 Å². The van der Waals surface area contributed by atoms with Gasteiger partial charge in [-0.25, -0.2) is 0 Å². The van der Waals surface area contributed by atoms with Crippen molar-refractivity contribution in [3.63, 3.8) is 0 Å². The lowest BCUT2D eigenvalue weighted by Crippen LogP contribution is -2.15. The van der Waals surface area contributed by atoms with E-state index in [2.05, 4.69) is 10.5 Å². The SMILES string of the molecule is Cc1csc(C)c1-c1c(/C(N)=N/O)c(C)c(Cl)n1-c1ccc(O)cc1. The van der Waals surface area contributed by atoms with Crippen molar-refractivity contribution < 1.29 is 10.3 Å². The maximum Gasteiger partial charge on any atom is 0.172 e. The molecule has 0 spiro atoms. The molecule has 7 heteroatoms. The topological polar surface area (TPSA) is 83.8 Å². The number of halogens is 1. The summed E-state index contributed by atoms with van der Waals surface area (Å²) in [5.41, 5.74) is 11.0. The van der Waals surface area contributed by atoms with Gasteiger partial charge in [0.15, 0.2) is 5.84 Å². The zero-order chi connectivity index (χ0) is 18.3. The molecule has 0 bridgehead atoms. The van der Waals surface area contributed by atoms with Crippen LogP contribution in [0.1, 0.15) is 21.6 Å². The van der Waals surface area contributed by atoms with Gasteiger partial charge in [-0.2, -0.15) is 0 Å². The summed E-state index contributed by atoms with van der Waals surface area (Å²) in [5.74, 6) is 0.182. The number of aryl methyl sites for hydroxylation is 2. The Kier molecular flexibility index (Phi) is 4.49. The van der Waals surface area contributed by atoms with Crippen LogP contribution in [0.25, 0.3) is 16.9 Å². The van der Waals surface area contributed by atoms with E-state index in [0.29, 0.717) is 10.7 Å². The van der Waals surface area contributed by atoms with Crippen molar-refractivity contribution in [1.82, 2.24) is 4.57 Å². The number of phenolic OH excluding ortho intramolecular Hbond substituents is 1. The average Bonchev–Trinajstić information content (AvgIpc) is 3.05. The number of nitrogens with two attached hydrogens (primary N) is 1. The van der Waals surface area contributed by atoms with E-state index in [1.165, 1.54) is 0 Å². The third-order valence-electron chi connectivity index (χ3n) is 4.21. The first-order chi connectivity index (χ1) is 11.9. The van der Waals surface area contributed by atoms with Crippen LogP contribution in [0, 0.1) is 20.8 Å². The minimum absolute atomic E-state index is 0.0110. The predicted molar refractivity (Wildman–Crippen MR) is 102 cm³/mol. The molecule has 0 saturated heterocycles. The fourth-order valence-electron chi connectivity index (χ4n) is 3.03. The quantitative estimate of drug-likeness (QED) is 0.271. The molecule has 130 valence electrons. The molecule has 0 unspecified atom stereocenters. The van der Waals surface area contributed by atoms with Gasteiger partial charge >= 0.3 is 0 Å². The summed E-state index contributed by atoms with van der Waals surface area (Å²) in [5, 5.41) is 24.6. The van der Waals surface area contributed by atoms with E-state index in [-0.39, 0.29) is 11.6 Å². The molecule has 0 atom stereocenters. The molecule has 0 saturated carbocycles. The lowest BCUT2D eigenvalue weighted by Gasteiger charge is -2.14. The first-order valence-corrected chi connectivity index (χ1v) is 8.85. The molecular weight excluding hydrogens is 358 g/mol. The van der Waals surface area contributed by atoms with Crippen molar-refractivity contribution in [2.75, 3.05) is 0 Å². The van der Waals surface area contributed by atoms with Gasteiger partial charge in [0.1, 0.15) is 10.9 Å². The summed E-state index contributed by atoms with van der Waals surface area (Å²) >= 11 is 8.26. The summed E-state index contributed by atoms with van der Waals surface area (Å²) in [6, 6.07) is 6.75. The minimum Gasteiger partial charge on any atom is -0.508 e. The van der Waals surface area contributed by atoms with Crippen molar-refractivity contribution in [2.24, 2.45) is 10.9 Å². The summed E-state index contributed by atoms with van der Waals surface area (Å²) in [7, 11) is 0. The number of rotatable bonds is 3. The van der Waals surface area contributed by atoms with Gasteiger partial charge in [0, 0.05) is 16.1 Å². The number of oxime groups is 1. The van der Waals surface area contributed by atoms with Crippen molar-refractivity contribution in [3.05, 3.63) is 56.4 Å². The van der Waals surface area contributed by atoms with E-state index in [1.54, 1.807) is 35.6 Å². The van der Waals surface area contributed by atoms with Gasteiger partial charge < -0.3 is 16.0 Å². The molecule has 0 radical (unpaired) electrons. The normalized spacial score (nSPS) is 11.9. The molecular formula is C18H18ClN3O2S. The molecule has 0 fully saturated rings. The van der Waals surface area contributed by atoms with Gasteiger partial charge in [0.25, 0.3) is 0 Å². The first-order valence-electron chi connectivity index (χ1n) is 7.60. The number of amidine groups is 1. The summed E-state index contributed by atoms with van der Waals surface area (Å²) in [6.45, 7) is 5.89. The van der Waals surface area contributed by atoms with E-state index < -0.39 is 0 Å². The van der Waals surface area contributed by atoms with Crippen LogP contribution < -0.4 is 5.73 Å². The highest BCUT2D eigenvalue weighted by molar-refractivity contribution is 7.10. The maximum absolute atomic E-state index is 9.59. The first kappa shape index (κ1) is 17.4. The van der Waals surface area contributed by atoms with Crippen LogP contribution in [-0.4, -0.2) is 20.7 Å². The van der Waals surface area contributed by atoms with Gasteiger partial charge in [-0.15, -0.1) is 11.3 Å². The highest BCUT2D eigenvalue weighted by Gasteiger charge is 2.26. The fourth-order valence-corrected chi connectivity index (χ4v) is 4.15. The number of nitrogens with zero attached hydrogens (tertiary/aromatic N) is 2. The Morgan fingerprint density at radius 1 is 1.20 bits per heavy atom. The lowest BCUT2D eigenvalue weighted by atomic mass is 10.0. The highest BCUT2D eigenvalue weighted by Crippen LogP contribution is 2.41. The van der Waals surface area contributed by atoms with E-state index in [9.17, 15) is 10.3 Å². The number of aromatic nitrogens is 1. The number of phenols is 1. The molecule has 0 aliphatic carbocycles.